The van der Waals surface area contributed by atoms with Crippen molar-refractivity contribution in [2.24, 2.45) is 0 Å². The Bertz CT molecular complexity index is 870. The molecule has 9 heteroatoms. The zero-order valence-corrected chi connectivity index (χ0v) is 17.5. The minimum absolute atomic E-state index is 0.104. The summed E-state index contributed by atoms with van der Waals surface area (Å²) in [4.78, 5) is 30.5. The lowest BCUT2D eigenvalue weighted by molar-refractivity contribution is -0.384. The van der Waals surface area contributed by atoms with Crippen molar-refractivity contribution in [2.75, 3.05) is 38.7 Å². The van der Waals surface area contributed by atoms with Crippen LogP contribution in [0.1, 0.15) is 46.7 Å². The molecule has 2 aromatic rings. The molecule has 0 spiro atoms. The van der Waals surface area contributed by atoms with Crippen LogP contribution in [0.25, 0.3) is 0 Å². The Morgan fingerprint density at radius 1 is 1.48 bits per heavy atom. The molecule has 0 radical (unpaired) electrons. The molecule has 1 saturated heterocycles. The number of methoxy groups -OCH3 is 1. The van der Waals surface area contributed by atoms with Crippen LogP contribution in [0.2, 0.25) is 0 Å². The number of ether oxygens (including phenoxy) is 1. The highest BCUT2D eigenvalue weighted by Gasteiger charge is 2.28. The molecule has 0 saturated carbocycles. The van der Waals surface area contributed by atoms with Gasteiger partial charge in [0.1, 0.15) is 5.69 Å². The molecule has 0 aliphatic carbocycles. The predicted octanol–water partition coefficient (Wildman–Crippen LogP) is 3.69. The fraction of sp³-hybridized carbons (Fsp3) is 0.500. The van der Waals surface area contributed by atoms with Crippen molar-refractivity contribution in [3.05, 3.63) is 50.0 Å². The number of likely N-dealkylation sites (tertiary alicyclic amines) is 1. The first kappa shape index (κ1) is 21.2. The molecule has 1 N–H and O–H groups in total. The van der Waals surface area contributed by atoms with Gasteiger partial charge in [0.05, 0.1) is 22.2 Å². The number of nitrogens with one attached hydrogen (secondary N) is 1. The number of nitro groups is 1. The number of hydrogen-bond acceptors (Lipinski definition) is 7. The van der Waals surface area contributed by atoms with Crippen LogP contribution in [0.5, 0.6) is 0 Å². The summed E-state index contributed by atoms with van der Waals surface area (Å²) in [6, 6.07) is 4.60. The van der Waals surface area contributed by atoms with E-state index in [0.29, 0.717) is 37.5 Å². The molecule has 156 valence electrons. The molecule has 1 atom stereocenters. The number of benzene rings is 1. The Kier molecular flexibility index (Phi) is 7.16. The van der Waals surface area contributed by atoms with Gasteiger partial charge in [0.25, 0.3) is 11.6 Å². The van der Waals surface area contributed by atoms with Gasteiger partial charge in [0, 0.05) is 49.7 Å². The number of nitrogens with zero attached hydrogens (tertiary/aromatic N) is 3. The second-order valence-electron chi connectivity index (χ2n) is 7.03. The Balaban J connectivity index is 1.74. The highest BCUT2D eigenvalue weighted by Crippen LogP contribution is 2.31. The first-order valence-corrected chi connectivity index (χ1v) is 10.7. The van der Waals surface area contributed by atoms with Crippen molar-refractivity contribution in [2.45, 2.75) is 32.1 Å². The van der Waals surface area contributed by atoms with Crippen molar-refractivity contribution in [3.63, 3.8) is 0 Å². The summed E-state index contributed by atoms with van der Waals surface area (Å²) >= 11 is 1.65. The molecular weight excluding hydrogens is 392 g/mol. The normalized spacial score (nSPS) is 16.6. The van der Waals surface area contributed by atoms with Gasteiger partial charge < -0.3 is 15.0 Å². The van der Waals surface area contributed by atoms with E-state index >= 15 is 0 Å². The zero-order valence-electron chi connectivity index (χ0n) is 16.7. The number of carbonyl (C=O) groups excluding carboxylic acids is 1. The fourth-order valence-corrected chi connectivity index (χ4v) is 4.50. The van der Waals surface area contributed by atoms with E-state index in [1.54, 1.807) is 35.5 Å². The molecule has 1 aliphatic rings. The van der Waals surface area contributed by atoms with E-state index in [1.165, 1.54) is 6.07 Å². The molecule has 1 amide bonds. The monoisotopic (exact) mass is 418 g/mol. The molecule has 1 aliphatic heterocycles. The number of piperidine rings is 1. The van der Waals surface area contributed by atoms with E-state index in [2.05, 4.69) is 22.6 Å². The maximum Gasteiger partial charge on any atom is 0.293 e. The van der Waals surface area contributed by atoms with Gasteiger partial charge in [-0.15, -0.1) is 11.3 Å². The quantitative estimate of drug-likeness (QED) is 0.399. The number of nitro benzene ring substituents is 1. The molecular formula is C20H26N4O4S. The molecule has 0 bridgehead atoms. The number of rotatable bonds is 8. The van der Waals surface area contributed by atoms with E-state index in [0.717, 1.165) is 30.0 Å². The number of hydrogen-bond donors (Lipinski definition) is 1. The number of thiazole rings is 1. The third-order valence-corrected chi connectivity index (χ3v) is 6.11. The summed E-state index contributed by atoms with van der Waals surface area (Å²) in [5.74, 6) is 0.0523. The second kappa shape index (κ2) is 9.80. The number of aryl methyl sites for hydroxylation is 1. The second-order valence-corrected chi connectivity index (χ2v) is 7.92. The van der Waals surface area contributed by atoms with Gasteiger partial charge in [-0.05, 0) is 31.4 Å². The molecule has 3 rings (SSSR count). The maximum absolute atomic E-state index is 13.0. The Hall–Kier alpha value is -2.52. The molecule has 1 fully saturated rings. The maximum atomic E-state index is 13.0. The van der Waals surface area contributed by atoms with Crippen LogP contribution >= 0.6 is 11.3 Å². The van der Waals surface area contributed by atoms with Gasteiger partial charge in [-0.1, -0.05) is 6.92 Å². The van der Waals surface area contributed by atoms with Crippen LogP contribution in [0, 0.1) is 10.1 Å². The van der Waals surface area contributed by atoms with Crippen molar-refractivity contribution >= 4 is 28.6 Å². The van der Waals surface area contributed by atoms with E-state index in [9.17, 15) is 14.9 Å². The number of anilines is 1. The van der Waals surface area contributed by atoms with Crippen LogP contribution < -0.4 is 5.32 Å². The summed E-state index contributed by atoms with van der Waals surface area (Å²) in [6.07, 6.45) is 2.81. The van der Waals surface area contributed by atoms with Crippen LogP contribution in [0.15, 0.2) is 23.6 Å². The third-order valence-electron chi connectivity index (χ3n) is 5.05. The molecule has 2 heterocycles. The first-order valence-electron chi connectivity index (χ1n) is 9.78. The summed E-state index contributed by atoms with van der Waals surface area (Å²) in [6.45, 7) is 4.21. The van der Waals surface area contributed by atoms with Crippen LogP contribution in [-0.2, 0) is 11.2 Å². The zero-order chi connectivity index (χ0) is 20.8. The topological polar surface area (TPSA) is 97.6 Å². The van der Waals surface area contributed by atoms with E-state index < -0.39 is 4.92 Å². The molecule has 8 nitrogen and oxygen atoms in total. The van der Waals surface area contributed by atoms with Crippen LogP contribution in [0.3, 0.4) is 0 Å². The van der Waals surface area contributed by atoms with Gasteiger partial charge in [-0.3, -0.25) is 14.9 Å². The number of aromatic nitrogens is 1. The summed E-state index contributed by atoms with van der Waals surface area (Å²) in [5, 5.41) is 17.6. The smallest absolute Gasteiger partial charge is 0.293 e. The van der Waals surface area contributed by atoms with E-state index in [-0.39, 0.29) is 17.5 Å². The third kappa shape index (κ3) is 5.10. The van der Waals surface area contributed by atoms with Gasteiger partial charge in [0.15, 0.2) is 0 Å². The van der Waals surface area contributed by atoms with Crippen LogP contribution in [-0.4, -0.2) is 54.1 Å². The Morgan fingerprint density at radius 2 is 2.31 bits per heavy atom. The lowest BCUT2D eigenvalue weighted by atomic mass is 9.98. The molecule has 1 aromatic heterocycles. The Labute approximate surface area is 174 Å². The van der Waals surface area contributed by atoms with Crippen molar-refractivity contribution in [1.29, 1.82) is 0 Å². The summed E-state index contributed by atoms with van der Waals surface area (Å²) in [7, 11) is 1.57. The average molecular weight is 419 g/mol. The van der Waals surface area contributed by atoms with Crippen molar-refractivity contribution in [1.82, 2.24) is 9.88 Å². The standard InChI is InChI=1S/C20H26N4O4S/c1-3-16-13-29-19(22-16)15-5-4-9-23(12-15)20(25)14-6-7-17(21-8-10-28-2)18(11-14)24(26)27/h6-7,11,13,15,21H,3-5,8-10,12H2,1-2H3. The Morgan fingerprint density at radius 3 is 3.00 bits per heavy atom. The molecule has 1 aromatic carbocycles. The lowest BCUT2D eigenvalue weighted by Gasteiger charge is -2.32. The van der Waals surface area contributed by atoms with E-state index in [1.807, 2.05) is 0 Å². The lowest BCUT2D eigenvalue weighted by Crippen LogP contribution is -2.39. The SMILES string of the molecule is CCc1csc(C2CCCN(C(=O)c3ccc(NCCOC)c([N+](=O)[O-])c3)C2)n1. The first-order chi connectivity index (χ1) is 14.0. The minimum Gasteiger partial charge on any atom is -0.383 e. The summed E-state index contributed by atoms with van der Waals surface area (Å²) in [5.41, 5.74) is 1.70. The molecule has 1 unspecified atom stereocenters. The minimum atomic E-state index is -0.466. The predicted molar refractivity (Wildman–Crippen MR) is 113 cm³/mol. The number of carbonyl (C=O) groups is 1. The fourth-order valence-electron chi connectivity index (χ4n) is 3.47. The van der Waals surface area contributed by atoms with Gasteiger partial charge in [0.2, 0.25) is 0 Å². The highest BCUT2D eigenvalue weighted by molar-refractivity contribution is 7.09. The van der Waals surface area contributed by atoms with E-state index in [4.69, 9.17) is 4.74 Å². The summed E-state index contributed by atoms with van der Waals surface area (Å²) < 4.78 is 4.96. The van der Waals surface area contributed by atoms with Gasteiger partial charge >= 0.3 is 0 Å². The van der Waals surface area contributed by atoms with Crippen molar-refractivity contribution < 1.29 is 14.5 Å². The van der Waals surface area contributed by atoms with Crippen molar-refractivity contribution in [3.8, 4) is 0 Å². The van der Waals surface area contributed by atoms with Gasteiger partial charge in [-0.25, -0.2) is 4.98 Å². The number of amides is 1. The van der Waals surface area contributed by atoms with Crippen LogP contribution in [0.4, 0.5) is 11.4 Å². The molecule has 29 heavy (non-hydrogen) atoms. The highest BCUT2D eigenvalue weighted by atomic mass is 32.1. The largest absolute Gasteiger partial charge is 0.383 e. The average Bonchev–Trinajstić information content (AvgIpc) is 3.23. The van der Waals surface area contributed by atoms with Gasteiger partial charge in [-0.2, -0.15) is 0 Å².